The first kappa shape index (κ1) is 15.2. The van der Waals surface area contributed by atoms with Gasteiger partial charge in [0, 0.05) is 13.7 Å². The Morgan fingerprint density at radius 2 is 2.16 bits per heavy atom. The number of carbonyl (C=O) groups excluding carboxylic acids is 1. The van der Waals surface area contributed by atoms with Gasteiger partial charge < -0.3 is 20.1 Å². The van der Waals surface area contributed by atoms with Crippen LogP contribution in [-0.4, -0.2) is 49.3 Å². The van der Waals surface area contributed by atoms with Gasteiger partial charge >= 0.3 is 0 Å². The molecule has 0 aliphatic rings. The van der Waals surface area contributed by atoms with Crippen molar-refractivity contribution >= 4 is 11.7 Å². The van der Waals surface area contributed by atoms with Crippen LogP contribution in [0.5, 0.6) is 5.88 Å². The zero-order chi connectivity index (χ0) is 14.3. The molecule has 7 nitrogen and oxygen atoms in total. The van der Waals surface area contributed by atoms with Crippen LogP contribution in [0.4, 0.5) is 5.82 Å². The Kier molecular flexibility index (Phi) is 6.01. The summed E-state index contributed by atoms with van der Waals surface area (Å²) in [4.78, 5) is 19.9. The SMILES string of the molecule is COCCNC(=O)C(C)Nc1ncnc(OC)c1C. The highest BCUT2D eigenvalue weighted by atomic mass is 16.5. The zero-order valence-electron chi connectivity index (χ0n) is 11.7. The molecule has 0 saturated carbocycles. The number of hydrogen-bond donors (Lipinski definition) is 2. The molecule has 2 N–H and O–H groups in total. The van der Waals surface area contributed by atoms with Gasteiger partial charge in [-0.25, -0.2) is 9.97 Å². The topological polar surface area (TPSA) is 85.4 Å². The van der Waals surface area contributed by atoms with Crippen LogP contribution >= 0.6 is 0 Å². The van der Waals surface area contributed by atoms with Crippen LogP contribution in [0, 0.1) is 6.92 Å². The number of hydrogen-bond acceptors (Lipinski definition) is 6. The molecule has 0 aliphatic carbocycles. The van der Waals surface area contributed by atoms with Crippen LogP contribution in [0.25, 0.3) is 0 Å². The third kappa shape index (κ3) is 4.36. The van der Waals surface area contributed by atoms with E-state index in [9.17, 15) is 4.79 Å². The number of rotatable bonds is 7. The van der Waals surface area contributed by atoms with E-state index in [1.54, 1.807) is 21.1 Å². The third-order valence-electron chi connectivity index (χ3n) is 2.58. The van der Waals surface area contributed by atoms with Crippen molar-refractivity contribution in [2.45, 2.75) is 19.9 Å². The molecule has 106 valence electrons. The van der Waals surface area contributed by atoms with Gasteiger partial charge in [-0.3, -0.25) is 4.79 Å². The summed E-state index contributed by atoms with van der Waals surface area (Å²) in [7, 11) is 3.13. The van der Waals surface area contributed by atoms with Gasteiger partial charge in [0.25, 0.3) is 0 Å². The van der Waals surface area contributed by atoms with E-state index in [0.29, 0.717) is 24.8 Å². The number of carbonyl (C=O) groups is 1. The first-order valence-electron chi connectivity index (χ1n) is 5.99. The number of anilines is 1. The largest absolute Gasteiger partial charge is 0.481 e. The molecule has 1 amide bonds. The summed E-state index contributed by atoms with van der Waals surface area (Å²) in [5, 5.41) is 5.78. The van der Waals surface area contributed by atoms with Crippen LogP contribution in [0.15, 0.2) is 6.33 Å². The maximum Gasteiger partial charge on any atom is 0.242 e. The smallest absolute Gasteiger partial charge is 0.242 e. The van der Waals surface area contributed by atoms with Gasteiger partial charge in [-0.2, -0.15) is 0 Å². The molecule has 0 radical (unpaired) electrons. The average Bonchev–Trinajstić information content (AvgIpc) is 2.41. The highest BCUT2D eigenvalue weighted by molar-refractivity contribution is 5.84. The van der Waals surface area contributed by atoms with Crippen molar-refractivity contribution < 1.29 is 14.3 Å². The van der Waals surface area contributed by atoms with E-state index in [-0.39, 0.29) is 5.91 Å². The van der Waals surface area contributed by atoms with Gasteiger partial charge in [-0.05, 0) is 13.8 Å². The third-order valence-corrected chi connectivity index (χ3v) is 2.58. The summed E-state index contributed by atoms with van der Waals surface area (Å²) >= 11 is 0. The second-order valence-electron chi connectivity index (χ2n) is 4.01. The van der Waals surface area contributed by atoms with Crippen LogP contribution in [0.1, 0.15) is 12.5 Å². The number of aromatic nitrogens is 2. The average molecular weight is 268 g/mol. The Hall–Kier alpha value is -1.89. The minimum atomic E-state index is -0.407. The molecule has 1 heterocycles. The molecular formula is C12H20N4O3. The second-order valence-corrected chi connectivity index (χ2v) is 4.01. The normalized spacial score (nSPS) is 11.8. The van der Waals surface area contributed by atoms with E-state index in [4.69, 9.17) is 9.47 Å². The summed E-state index contributed by atoms with van der Waals surface area (Å²) in [6.07, 6.45) is 1.39. The van der Waals surface area contributed by atoms with Crippen molar-refractivity contribution in [2.75, 3.05) is 32.7 Å². The Bertz CT molecular complexity index is 425. The van der Waals surface area contributed by atoms with Gasteiger partial charge in [0.15, 0.2) is 0 Å². The monoisotopic (exact) mass is 268 g/mol. The van der Waals surface area contributed by atoms with Crippen molar-refractivity contribution in [1.82, 2.24) is 15.3 Å². The fourth-order valence-electron chi connectivity index (χ4n) is 1.49. The van der Waals surface area contributed by atoms with E-state index in [1.165, 1.54) is 6.33 Å². The van der Waals surface area contributed by atoms with E-state index in [2.05, 4.69) is 20.6 Å². The predicted octanol–water partition coefficient (Wildman–Crippen LogP) is 0.357. The fourth-order valence-corrected chi connectivity index (χ4v) is 1.49. The zero-order valence-corrected chi connectivity index (χ0v) is 11.7. The van der Waals surface area contributed by atoms with Gasteiger partial charge in [-0.15, -0.1) is 0 Å². The molecule has 1 aromatic rings. The van der Waals surface area contributed by atoms with E-state index < -0.39 is 6.04 Å². The van der Waals surface area contributed by atoms with E-state index in [0.717, 1.165) is 5.56 Å². The van der Waals surface area contributed by atoms with Gasteiger partial charge in [0.1, 0.15) is 18.2 Å². The molecule has 1 atom stereocenters. The van der Waals surface area contributed by atoms with Crippen molar-refractivity contribution in [3.8, 4) is 5.88 Å². The number of nitrogens with zero attached hydrogens (tertiary/aromatic N) is 2. The molecule has 0 fully saturated rings. The number of ether oxygens (including phenoxy) is 2. The first-order valence-corrected chi connectivity index (χ1v) is 5.99. The van der Waals surface area contributed by atoms with Gasteiger partial charge in [-0.1, -0.05) is 0 Å². The summed E-state index contributed by atoms with van der Waals surface area (Å²) < 4.78 is 9.97. The van der Waals surface area contributed by atoms with Crippen molar-refractivity contribution in [3.63, 3.8) is 0 Å². The maximum absolute atomic E-state index is 11.8. The molecule has 7 heteroatoms. The maximum atomic E-state index is 11.8. The lowest BCUT2D eigenvalue weighted by atomic mass is 10.2. The van der Waals surface area contributed by atoms with Gasteiger partial charge in [0.05, 0.1) is 19.3 Å². The van der Waals surface area contributed by atoms with Crippen molar-refractivity contribution in [3.05, 3.63) is 11.9 Å². The van der Waals surface area contributed by atoms with Crippen LogP contribution in [0.3, 0.4) is 0 Å². The van der Waals surface area contributed by atoms with Crippen molar-refractivity contribution in [1.29, 1.82) is 0 Å². The van der Waals surface area contributed by atoms with Crippen LogP contribution in [0.2, 0.25) is 0 Å². The summed E-state index contributed by atoms with van der Waals surface area (Å²) in [5.41, 5.74) is 0.765. The number of methoxy groups -OCH3 is 2. The lowest BCUT2D eigenvalue weighted by Gasteiger charge is -2.16. The minimum Gasteiger partial charge on any atom is -0.481 e. The predicted molar refractivity (Wildman–Crippen MR) is 71.3 cm³/mol. The molecule has 0 aromatic carbocycles. The highest BCUT2D eigenvalue weighted by Crippen LogP contribution is 2.20. The van der Waals surface area contributed by atoms with Crippen LogP contribution < -0.4 is 15.4 Å². The van der Waals surface area contributed by atoms with Gasteiger partial charge in [0.2, 0.25) is 11.8 Å². The molecule has 1 unspecified atom stereocenters. The fraction of sp³-hybridized carbons (Fsp3) is 0.583. The molecule has 1 rings (SSSR count). The van der Waals surface area contributed by atoms with E-state index in [1.807, 2.05) is 6.92 Å². The molecule has 0 spiro atoms. The Morgan fingerprint density at radius 1 is 1.42 bits per heavy atom. The Balaban J connectivity index is 2.61. The van der Waals surface area contributed by atoms with Crippen molar-refractivity contribution in [2.24, 2.45) is 0 Å². The molecule has 19 heavy (non-hydrogen) atoms. The number of nitrogens with one attached hydrogen (secondary N) is 2. The lowest BCUT2D eigenvalue weighted by Crippen LogP contribution is -2.39. The van der Waals surface area contributed by atoms with Crippen LogP contribution in [-0.2, 0) is 9.53 Å². The molecule has 0 bridgehead atoms. The Labute approximate surface area is 112 Å². The second kappa shape index (κ2) is 7.52. The first-order chi connectivity index (χ1) is 9.10. The quantitative estimate of drug-likeness (QED) is 0.694. The Morgan fingerprint density at radius 3 is 2.79 bits per heavy atom. The number of amides is 1. The summed E-state index contributed by atoms with van der Waals surface area (Å²) in [6.45, 7) is 4.55. The van der Waals surface area contributed by atoms with E-state index >= 15 is 0 Å². The highest BCUT2D eigenvalue weighted by Gasteiger charge is 2.15. The standard InChI is InChI=1S/C12H20N4O3/c1-8-10(14-7-15-12(8)19-4)16-9(2)11(17)13-5-6-18-3/h7,9H,5-6H2,1-4H3,(H,13,17)(H,14,15,16). The molecular weight excluding hydrogens is 248 g/mol. The summed E-state index contributed by atoms with van der Waals surface area (Å²) in [6, 6.07) is -0.407. The molecule has 0 saturated heterocycles. The summed E-state index contributed by atoms with van der Waals surface area (Å²) in [5.74, 6) is 0.958. The molecule has 0 aliphatic heterocycles. The lowest BCUT2D eigenvalue weighted by molar-refractivity contribution is -0.121. The minimum absolute atomic E-state index is 0.117. The molecule has 1 aromatic heterocycles.